The van der Waals surface area contributed by atoms with Gasteiger partial charge in [0.05, 0.1) is 22.8 Å². The number of carbonyl (C=O) groups is 1. The van der Waals surface area contributed by atoms with Gasteiger partial charge in [-0.2, -0.15) is 0 Å². The quantitative estimate of drug-likeness (QED) is 0.522. The molecular weight excluding hydrogens is 354 g/mol. The van der Waals surface area contributed by atoms with Crippen LogP contribution in [0.2, 0.25) is 0 Å². The van der Waals surface area contributed by atoms with Gasteiger partial charge in [-0.15, -0.1) is 0 Å². The summed E-state index contributed by atoms with van der Waals surface area (Å²) in [7, 11) is -2.31. The van der Waals surface area contributed by atoms with Crippen LogP contribution >= 0.6 is 0 Å². The maximum absolute atomic E-state index is 12.8. The Hall–Kier alpha value is -2.38. The smallest absolute Gasteiger partial charge is 0.338 e. The number of hydrogen-bond donors (Lipinski definition) is 0. The lowest BCUT2D eigenvalue weighted by atomic mass is 10.2. The van der Waals surface area contributed by atoms with E-state index in [1.807, 2.05) is 26.0 Å². The zero-order chi connectivity index (χ0) is 19.2. The molecule has 0 aliphatic heterocycles. The van der Waals surface area contributed by atoms with Crippen molar-refractivity contribution in [1.29, 1.82) is 0 Å². The van der Waals surface area contributed by atoms with Crippen molar-refractivity contribution in [3.05, 3.63) is 59.7 Å². The maximum Gasteiger partial charge on any atom is 0.338 e. The lowest BCUT2D eigenvalue weighted by Crippen LogP contribution is -2.26. The molecule has 26 heavy (non-hydrogen) atoms. The maximum atomic E-state index is 12.8. The van der Waals surface area contributed by atoms with Crippen LogP contribution in [-0.4, -0.2) is 41.3 Å². The average Bonchev–Trinajstić information content (AvgIpc) is 2.65. The van der Waals surface area contributed by atoms with Crippen molar-refractivity contribution in [2.45, 2.75) is 18.7 Å². The fourth-order valence-electron chi connectivity index (χ4n) is 2.26. The van der Waals surface area contributed by atoms with Crippen LogP contribution in [0.5, 0.6) is 0 Å². The molecule has 7 heteroatoms. The number of nitrogens with zero attached hydrogens (tertiary/aromatic N) is 1. The molecule has 6 nitrogen and oxygen atoms in total. The van der Waals surface area contributed by atoms with Crippen molar-refractivity contribution < 1.29 is 22.7 Å². The molecule has 0 saturated heterocycles. The van der Waals surface area contributed by atoms with Gasteiger partial charge < -0.3 is 9.47 Å². The average molecular weight is 377 g/mol. The van der Waals surface area contributed by atoms with Crippen LogP contribution in [0.1, 0.15) is 22.8 Å². The molecular formula is C19H23NO5S. The molecule has 0 atom stereocenters. The molecule has 0 bridgehead atoms. The number of ether oxygens (including phenoxy) is 2. The third-order valence-electron chi connectivity index (χ3n) is 3.79. The number of sulfonamides is 1. The van der Waals surface area contributed by atoms with Gasteiger partial charge in [0.25, 0.3) is 10.0 Å². The van der Waals surface area contributed by atoms with Crippen molar-refractivity contribution in [3.63, 3.8) is 0 Å². The third-order valence-corrected chi connectivity index (χ3v) is 5.57. The van der Waals surface area contributed by atoms with Gasteiger partial charge >= 0.3 is 5.97 Å². The highest BCUT2D eigenvalue weighted by Gasteiger charge is 2.22. The van der Waals surface area contributed by atoms with Gasteiger partial charge in [-0.1, -0.05) is 23.8 Å². The molecule has 0 aliphatic carbocycles. The van der Waals surface area contributed by atoms with E-state index in [2.05, 4.69) is 0 Å². The first kappa shape index (κ1) is 19.9. The highest BCUT2D eigenvalue weighted by atomic mass is 32.2. The molecule has 0 radical (unpaired) electrons. The van der Waals surface area contributed by atoms with Gasteiger partial charge in [-0.05, 0) is 44.2 Å². The number of hydrogen-bond acceptors (Lipinski definition) is 5. The van der Waals surface area contributed by atoms with E-state index in [-0.39, 0.29) is 17.1 Å². The van der Waals surface area contributed by atoms with Crippen molar-refractivity contribution in [2.24, 2.45) is 0 Å². The fraction of sp³-hybridized carbons (Fsp3) is 0.316. The van der Waals surface area contributed by atoms with Gasteiger partial charge in [-0.25, -0.2) is 13.2 Å². The number of anilines is 1. The predicted molar refractivity (Wildman–Crippen MR) is 100.0 cm³/mol. The van der Waals surface area contributed by atoms with Crippen LogP contribution in [0.4, 0.5) is 5.69 Å². The fourth-order valence-corrected chi connectivity index (χ4v) is 3.50. The second-order valence-corrected chi connectivity index (χ2v) is 7.64. The Kier molecular flexibility index (Phi) is 6.76. The number of aryl methyl sites for hydroxylation is 1. The second kappa shape index (κ2) is 8.82. The lowest BCUT2D eigenvalue weighted by Gasteiger charge is -2.20. The van der Waals surface area contributed by atoms with E-state index in [0.717, 1.165) is 5.56 Å². The number of esters is 1. The molecule has 2 aromatic carbocycles. The molecule has 0 spiro atoms. The van der Waals surface area contributed by atoms with Crippen LogP contribution in [-0.2, 0) is 19.5 Å². The number of carbonyl (C=O) groups excluding carboxylic acids is 1. The summed E-state index contributed by atoms with van der Waals surface area (Å²) in [6.45, 7) is 4.74. The van der Waals surface area contributed by atoms with Crippen LogP contribution in [0, 0.1) is 6.92 Å². The molecule has 0 amide bonds. The van der Waals surface area contributed by atoms with Crippen molar-refractivity contribution in [2.75, 3.05) is 31.2 Å². The minimum Gasteiger partial charge on any atom is -0.460 e. The van der Waals surface area contributed by atoms with Gasteiger partial charge in [0, 0.05) is 13.7 Å². The van der Waals surface area contributed by atoms with E-state index in [4.69, 9.17) is 9.47 Å². The summed E-state index contributed by atoms with van der Waals surface area (Å²) in [6.07, 6.45) is 0. The third kappa shape index (κ3) is 4.83. The van der Waals surface area contributed by atoms with Gasteiger partial charge in [0.1, 0.15) is 6.61 Å². The van der Waals surface area contributed by atoms with Gasteiger partial charge in [0.2, 0.25) is 0 Å². The number of benzene rings is 2. The summed E-state index contributed by atoms with van der Waals surface area (Å²) in [5.41, 5.74) is 1.76. The van der Waals surface area contributed by atoms with Crippen LogP contribution < -0.4 is 4.31 Å². The molecule has 2 aromatic rings. The van der Waals surface area contributed by atoms with Gasteiger partial charge in [0.15, 0.2) is 0 Å². The van der Waals surface area contributed by atoms with E-state index in [1.165, 1.54) is 35.6 Å². The lowest BCUT2D eigenvalue weighted by molar-refractivity contribution is 0.0335. The normalized spacial score (nSPS) is 11.2. The minimum absolute atomic E-state index is 0.0276. The van der Waals surface area contributed by atoms with E-state index in [1.54, 1.807) is 12.1 Å². The molecule has 0 aliphatic rings. The first-order chi connectivity index (χ1) is 12.4. The Bertz CT molecular complexity index is 846. The van der Waals surface area contributed by atoms with E-state index >= 15 is 0 Å². The summed E-state index contributed by atoms with van der Waals surface area (Å²) >= 11 is 0. The van der Waals surface area contributed by atoms with Crippen LogP contribution in [0.3, 0.4) is 0 Å². The largest absolute Gasteiger partial charge is 0.460 e. The topological polar surface area (TPSA) is 72.9 Å². The second-order valence-electron chi connectivity index (χ2n) is 5.67. The van der Waals surface area contributed by atoms with Crippen LogP contribution in [0.15, 0.2) is 53.4 Å². The summed E-state index contributed by atoms with van der Waals surface area (Å²) in [5.74, 6) is -0.584. The zero-order valence-corrected chi connectivity index (χ0v) is 16.0. The Balaban J connectivity index is 2.19. The zero-order valence-electron chi connectivity index (χ0n) is 15.1. The molecule has 0 saturated carbocycles. The van der Waals surface area contributed by atoms with E-state index in [0.29, 0.717) is 18.9 Å². The minimum atomic E-state index is -3.79. The van der Waals surface area contributed by atoms with Crippen molar-refractivity contribution in [3.8, 4) is 0 Å². The summed E-state index contributed by atoms with van der Waals surface area (Å²) in [6, 6.07) is 13.0. The Labute approximate surface area is 154 Å². The summed E-state index contributed by atoms with van der Waals surface area (Å²) in [5, 5.41) is 0. The van der Waals surface area contributed by atoms with Gasteiger partial charge in [-0.3, -0.25) is 4.31 Å². The Morgan fingerprint density at radius 1 is 1.08 bits per heavy atom. The molecule has 140 valence electrons. The summed E-state index contributed by atoms with van der Waals surface area (Å²) in [4.78, 5) is 12.1. The van der Waals surface area contributed by atoms with Crippen LogP contribution in [0.25, 0.3) is 0 Å². The SMILES string of the molecule is CCOCCOC(=O)c1cccc(S(=O)(=O)N(C)c2ccc(C)cc2)c1. The molecule has 0 heterocycles. The molecule has 0 N–H and O–H groups in total. The first-order valence-electron chi connectivity index (χ1n) is 8.26. The predicted octanol–water partition coefficient (Wildman–Crippen LogP) is 3.01. The number of rotatable bonds is 8. The Morgan fingerprint density at radius 3 is 2.42 bits per heavy atom. The van der Waals surface area contributed by atoms with E-state index in [9.17, 15) is 13.2 Å². The molecule has 0 unspecified atom stereocenters. The standard InChI is InChI=1S/C19H23NO5S/c1-4-24-12-13-25-19(21)16-6-5-7-18(14-16)26(22,23)20(3)17-10-8-15(2)9-11-17/h5-11,14H,4,12-13H2,1-3H3. The highest BCUT2D eigenvalue weighted by molar-refractivity contribution is 7.92. The van der Waals surface area contributed by atoms with E-state index < -0.39 is 16.0 Å². The highest BCUT2D eigenvalue weighted by Crippen LogP contribution is 2.23. The molecule has 2 rings (SSSR count). The molecule has 0 fully saturated rings. The monoisotopic (exact) mass is 377 g/mol. The van der Waals surface area contributed by atoms with Crippen molar-refractivity contribution in [1.82, 2.24) is 0 Å². The Morgan fingerprint density at radius 2 is 1.77 bits per heavy atom. The molecule has 0 aromatic heterocycles. The first-order valence-corrected chi connectivity index (χ1v) is 9.71. The summed E-state index contributed by atoms with van der Waals surface area (Å²) < 4.78 is 37.1. The van der Waals surface area contributed by atoms with Crippen molar-refractivity contribution >= 4 is 21.7 Å².